The molecular weight excluding hydrogens is 484 g/mol. The van der Waals surface area contributed by atoms with E-state index in [1.54, 1.807) is 11.0 Å². The van der Waals surface area contributed by atoms with Gasteiger partial charge in [-0.25, -0.2) is 0 Å². The lowest BCUT2D eigenvalue weighted by molar-refractivity contribution is -0.114. The average molecular weight is 506 g/mol. The van der Waals surface area contributed by atoms with Gasteiger partial charge in [-0.05, 0) is 74.9 Å². The first-order valence-corrected chi connectivity index (χ1v) is 11.2. The van der Waals surface area contributed by atoms with Gasteiger partial charge in [0.25, 0.3) is 11.7 Å². The van der Waals surface area contributed by atoms with E-state index in [-0.39, 0.29) is 17.7 Å². The number of nitrogens with one attached hydrogen (secondary N) is 1. The van der Waals surface area contributed by atoms with Crippen molar-refractivity contribution in [1.82, 2.24) is 0 Å². The summed E-state index contributed by atoms with van der Waals surface area (Å²) in [5.74, 6) is -0.726. The Bertz CT molecular complexity index is 965. The predicted molar refractivity (Wildman–Crippen MR) is 119 cm³/mol. The largest absolute Gasteiger partial charge is 0.382 e. The third-order valence-electron chi connectivity index (χ3n) is 5.38. The molecule has 1 N–H and O–H groups in total. The summed E-state index contributed by atoms with van der Waals surface area (Å²) in [6.07, 6.45) is 4.66. The van der Waals surface area contributed by atoms with Crippen molar-refractivity contribution < 1.29 is 9.59 Å². The standard InChI is InChI=1S/C12H10BrNO2.C10H12BrN/c1-6-9(13)5-4-8-10(6)14(7-2-3-7)12(16)11(8)15;1-7-9(11)3-2-4-10(7)12-8-5-6-8/h4-5,7H,2-3H2,1H3;2-4,8,12H,5-6H2,1H3. The maximum absolute atomic E-state index is 11.9. The highest BCUT2D eigenvalue weighted by atomic mass is 79.9. The first-order chi connectivity index (χ1) is 13.4. The lowest BCUT2D eigenvalue weighted by atomic mass is 10.1. The van der Waals surface area contributed by atoms with E-state index in [0.717, 1.165) is 34.6 Å². The highest BCUT2D eigenvalue weighted by molar-refractivity contribution is 9.10. The minimum atomic E-state index is -0.363. The normalized spacial score (nSPS) is 17.9. The molecule has 1 amide bonds. The smallest absolute Gasteiger partial charge is 0.299 e. The predicted octanol–water partition coefficient (Wildman–Crippen LogP) is 5.78. The van der Waals surface area contributed by atoms with Gasteiger partial charge in [0.1, 0.15) is 0 Å². The number of ketones is 1. The van der Waals surface area contributed by atoms with Gasteiger partial charge in [0.2, 0.25) is 0 Å². The molecule has 0 spiro atoms. The summed E-state index contributed by atoms with van der Waals surface area (Å²) in [5, 5.41) is 3.49. The Kier molecular flexibility index (Phi) is 5.36. The van der Waals surface area contributed by atoms with Gasteiger partial charge in [0.15, 0.2) is 0 Å². The highest BCUT2D eigenvalue weighted by Crippen LogP contribution is 2.42. The maximum atomic E-state index is 11.9. The molecule has 1 heterocycles. The van der Waals surface area contributed by atoms with Gasteiger partial charge >= 0.3 is 0 Å². The van der Waals surface area contributed by atoms with E-state index < -0.39 is 0 Å². The van der Waals surface area contributed by atoms with Crippen LogP contribution < -0.4 is 10.2 Å². The number of carbonyl (C=O) groups is 2. The molecule has 1 aliphatic heterocycles. The van der Waals surface area contributed by atoms with Crippen molar-refractivity contribution in [3.8, 4) is 0 Å². The number of amides is 1. The van der Waals surface area contributed by atoms with Crippen LogP contribution in [0.1, 0.15) is 47.2 Å². The fraction of sp³-hybridized carbons (Fsp3) is 0.364. The third kappa shape index (κ3) is 3.77. The molecule has 0 saturated heterocycles. The number of fused-ring (bicyclic) bond motifs is 1. The summed E-state index contributed by atoms with van der Waals surface area (Å²) in [5.41, 5.74) is 4.92. The number of hydrogen-bond donors (Lipinski definition) is 1. The van der Waals surface area contributed by atoms with Gasteiger partial charge in [0.05, 0.1) is 11.3 Å². The van der Waals surface area contributed by atoms with Crippen LogP contribution in [0.5, 0.6) is 0 Å². The topological polar surface area (TPSA) is 49.4 Å². The Morgan fingerprint density at radius 2 is 1.61 bits per heavy atom. The molecule has 4 nitrogen and oxygen atoms in total. The summed E-state index contributed by atoms with van der Waals surface area (Å²) in [6.45, 7) is 4.07. The summed E-state index contributed by atoms with van der Waals surface area (Å²) in [6, 6.07) is 10.8. The molecule has 2 fully saturated rings. The second kappa shape index (κ2) is 7.64. The van der Waals surface area contributed by atoms with E-state index in [4.69, 9.17) is 0 Å². The lowest BCUT2D eigenvalue weighted by Crippen LogP contribution is -2.32. The molecule has 2 aromatic carbocycles. The maximum Gasteiger partial charge on any atom is 0.299 e. The van der Waals surface area contributed by atoms with Crippen molar-refractivity contribution in [2.24, 2.45) is 0 Å². The first kappa shape index (κ1) is 19.6. The minimum Gasteiger partial charge on any atom is -0.382 e. The zero-order valence-electron chi connectivity index (χ0n) is 15.9. The Morgan fingerprint density at radius 3 is 2.25 bits per heavy atom. The van der Waals surface area contributed by atoms with Crippen LogP contribution in [-0.2, 0) is 4.79 Å². The second-order valence-corrected chi connectivity index (χ2v) is 9.34. The van der Waals surface area contributed by atoms with Gasteiger partial charge in [-0.15, -0.1) is 0 Å². The van der Waals surface area contributed by atoms with Crippen LogP contribution in [0.25, 0.3) is 0 Å². The second-order valence-electron chi connectivity index (χ2n) is 7.64. The molecule has 5 rings (SSSR count). The quantitative estimate of drug-likeness (QED) is 0.538. The molecule has 2 aliphatic carbocycles. The fourth-order valence-electron chi connectivity index (χ4n) is 3.39. The molecule has 0 atom stereocenters. The van der Waals surface area contributed by atoms with Gasteiger partial charge in [-0.1, -0.05) is 37.9 Å². The number of rotatable bonds is 3. The molecule has 0 unspecified atom stereocenters. The van der Waals surface area contributed by atoms with Crippen LogP contribution in [0.4, 0.5) is 11.4 Å². The molecular formula is C22H22Br2N2O2. The summed E-state index contributed by atoms with van der Waals surface area (Å²) >= 11 is 6.95. The molecule has 0 aromatic heterocycles. The number of hydrogen-bond acceptors (Lipinski definition) is 3. The van der Waals surface area contributed by atoms with E-state index in [9.17, 15) is 9.59 Å². The van der Waals surface area contributed by atoms with Crippen LogP contribution in [-0.4, -0.2) is 23.8 Å². The molecule has 146 valence electrons. The number of carbonyl (C=O) groups excluding carboxylic acids is 2. The average Bonchev–Trinajstić information content (AvgIpc) is 3.58. The van der Waals surface area contributed by atoms with E-state index in [0.29, 0.717) is 5.56 Å². The third-order valence-corrected chi connectivity index (χ3v) is 7.10. The molecule has 0 radical (unpaired) electrons. The number of halogens is 2. The SMILES string of the molecule is Cc1c(Br)ccc2c1N(C1CC1)C(=O)C2=O.Cc1c(Br)cccc1NC1CC1. The Morgan fingerprint density at radius 1 is 0.929 bits per heavy atom. The number of anilines is 2. The van der Waals surface area contributed by atoms with Gasteiger partial charge in [-0.3, -0.25) is 9.59 Å². The van der Waals surface area contributed by atoms with Crippen LogP contribution >= 0.6 is 31.9 Å². The van der Waals surface area contributed by atoms with Crippen LogP contribution in [0, 0.1) is 13.8 Å². The number of benzene rings is 2. The lowest BCUT2D eigenvalue weighted by Gasteiger charge is -2.18. The van der Waals surface area contributed by atoms with E-state index in [1.807, 2.05) is 13.0 Å². The number of Topliss-reactive ketones (excluding diaryl/α,β-unsaturated/α-hetero) is 1. The van der Waals surface area contributed by atoms with E-state index in [2.05, 4.69) is 62.3 Å². The van der Waals surface area contributed by atoms with Gasteiger partial charge < -0.3 is 10.2 Å². The van der Waals surface area contributed by atoms with E-state index in [1.165, 1.54) is 28.6 Å². The van der Waals surface area contributed by atoms with E-state index >= 15 is 0 Å². The molecule has 28 heavy (non-hydrogen) atoms. The van der Waals surface area contributed by atoms with Gasteiger partial charge in [-0.2, -0.15) is 0 Å². The van der Waals surface area contributed by atoms with Crippen molar-refractivity contribution in [3.63, 3.8) is 0 Å². The van der Waals surface area contributed by atoms with Crippen molar-refractivity contribution in [2.45, 2.75) is 51.6 Å². The van der Waals surface area contributed by atoms with Crippen molar-refractivity contribution in [2.75, 3.05) is 10.2 Å². The molecule has 2 saturated carbocycles. The highest BCUT2D eigenvalue weighted by Gasteiger charge is 2.44. The summed E-state index contributed by atoms with van der Waals surface area (Å²) in [4.78, 5) is 25.3. The zero-order valence-corrected chi connectivity index (χ0v) is 19.1. The fourth-order valence-corrected chi connectivity index (χ4v) is 4.07. The van der Waals surface area contributed by atoms with Crippen molar-refractivity contribution >= 4 is 54.9 Å². The number of nitrogens with zero attached hydrogens (tertiary/aromatic N) is 1. The first-order valence-electron chi connectivity index (χ1n) is 9.57. The van der Waals surface area contributed by atoms with Gasteiger partial charge in [0, 0.05) is 26.7 Å². The Balaban J connectivity index is 0.000000143. The molecule has 2 aromatic rings. The minimum absolute atomic E-state index is 0.241. The van der Waals surface area contributed by atoms with Crippen LogP contribution in [0.15, 0.2) is 39.3 Å². The summed E-state index contributed by atoms with van der Waals surface area (Å²) < 4.78 is 2.13. The molecule has 6 heteroatoms. The van der Waals surface area contributed by atoms with Crippen LogP contribution in [0.2, 0.25) is 0 Å². The molecule has 0 bridgehead atoms. The zero-order chi connectivity index (χ0) is 20.0. The Labute approximate surface area is 181 Å². The summed E-state index contributed by atoms with van der Waals surface area (Å²) in [7, 11) is 0. The van der Waals surface area contributed by atoms with Crippen LogP contribution in [0.3, 0.4) is 0 Å². The van der Waals surface area contributed by atoms with Crippen molar-refractivity contribution in [1.29, 1.82) is 0 Å². The molecule has 3 aliphatic rings. The monoisotopic (exact) mass is 504 g/mol. The van der Waals surface area contributed by atoms with Crippen molar-refractivity contribution in [3.05, 3.63) is 56.0 Å². The Hall–Kier alpha value is -1.66.